The lowest BCUT2D eigenvalue weighted by Crippen LogP contribution is -2.33. The predicted molar refractivity (Wildman–Crippen MR) is 39.1 cm³/mol. The van der Waals surface area contributed by atoms with Crippen molar-refractivity contribution in [2.45, 2.75) is 13.8 Å². The second-order valence-electron chi connectivity index (χ2n) is 2.90. The first-order valence-electron chi connectivity index (χ1n) is 3.36. The van der Waals surface area contributed by atoms with Crippen LogP contribution in [0.5, 0.6) is 0 Å². The number of rotatable bonds is 1. The molecule has 0 aliphatic heterocycles. The zero-order chi connectivity index (χ0) is 7.91. The summed E-state index contributed by atoms with van der Waals surface area (Å²) >= 11 is 0. The molecule has 2 heteroatoms. The van der Waals surface area contributed by atoms with Crippen LogP contribution >= 0.6 is 0 Å². The van der Waals surface area contributed by atoms with Gasteiger partial charge in [0.2, 0.25) is 0 Å². The maximum absolute atomic E-state index is 8.93. The Hall–Kier alpha value is -0.0800. The summed E-state index contributed by atoms with van der Waals surface area (Å²) < 4.78 is 1.07. The molecule has 0 atom stereocenters. The third kappa shape index (κ3) is 32.6. The van der Waals surface area contributed by atoms with Gasteiger partial charge in [0.15, 0.2) is 0 Å². The van der Waals surface area contributed by atoms with Crippen LogP contribution in [-0.4, -0.2) is 38.8 Å². The van der Waals surface area contributed by atoms with E-state index in [9.17, 15) is 0 Å². The summed E-state index contributed by atoms with van der Waals surface area (Å²) in [5, 5.41) is 8.93. The van der Waals surface area contributed by atoms with Crippen LogP contribution in [0, 0.1) is 0 Å². The molecule has 0 N–H and O–H groups in total. The fraction of sp³-hybridized carbons (Fsp3) is 1.00. The molecule has 0 unspecified atom stereocenters. The van der Waals surface area contributed by atoms with E-state index in [1.807, 2.05) is 0 Å². The maximum Gasteiger partial charge on any atom is 0.0751 e. The van der Waals surface area contributed by atoms with Gasteiger partial charge < -0.3 is 9.59 Å². The summed E-state index contributed by atoms with van der Waals surface area (Å²) in [5.41, 5.74) is 0. The van der Waals surface area contributed by atoms with E-state index in [1.54, 1.807) is 6.92 Å². The van der Waals surface area contributed by atoms with Crippen LogP contribution in [0.1, 0.15) is 13.8 Å². The van der Waals surface area contributed by atoms with Crippen molar-refractivity contribution in [3.05, 3.63) is 0 Å². The molecule has 0 aromatic carbocycles. The first-order valence-corrected chi connectivity index (χ1v) is 3.36. The molecule has 9 heavy (non-hydrogen) atoms. The summed E-state index contributed by atoms with van der Waals surface area (Å²) in [5.74, 6) is 0. The SMILES string of the molecule is CC[N+](C)(C)C.CC[O-]. The van der Waals surface area contributed by atoms with Crippen molar-refractivity contribution in [3.8, 4) is 0 Å². The molecule has 0 bridgehead atoms. The Morgan fingerprint density at radius 2 is 1.22 bits per heavy atom. The highest BCUT2D eigenvalue weighted by Gasteiger charge is 1.97. The Bertz CT molecular complexity index is 47.4. The Labute approximate surface area is 58.7 Å². The number of hydrogen-bond donors (Lipinski definition) is 0. The minimum atomic E-state index is 0. The number of quaternary nitrogens is 1. The lowest BCUT2D eigenvalue weighted by Gasteiger charge is -2.20. The molecule has 0 aliphatic rings. The van der Waals surface area contributed by atoms with Gasteiger partial charge in [-0.3, -0.25) is 0 Å². The monoisotopic (exact) mass is 133 g/mol. The second kappa shape index (κ2) is 6.05. The van der Waals surface area contributed by atoms with E-state index in [1.165, 1.54) is 6.54 Å². The van der Waals surface area contributed by atoms with Crippen LogP contribution in [0.15, 0.2) is 0 Å². The molecular formula is C7H19NO. The zero-order valence-electron chi connectivity index (χ0n) is 7.27. The van der Waals surface area contributed by atoms with Crippen molar-refractivity contribution in [1.29, 1.82) is 0 Å². The molecule has 0 fully saturated rings. The van der Waals surface area contributed by atoms with Crippen molar-refractivity contribution in [2.75, 3.05) is 34.3 Å². The first-order chi connectivity index (χ1) is 3.97. The van der Waals surface area contributed by atoms with Gasteiger partial charge in [-0.05, 0) is 6.92 Å². The van der Waals surface area contributed by atoms with Crippen molar-refractivity contribution >= 4 is 0 Å². The van der Waals surface area contributed by atoms with Gasteiger partial charge in [0, 0.05) is 0 Å². The molecule has 0 aliphatic carbocycles. The van der Waals surface area contributed by atoms with Crippen molar-refractivity contribution in [1.82, 2.24) is 0 Å². The quantitative estimate of drug-likeness (QED) is 0.464. The summed E-state index contributed by atoms with van der Waals surface area (Å²) in [4.78, 5) is 0. The van der Waals surface area contributed by atoms with E-state index in [2.05, 4.69) is 28.1 Å². The topological polar surface area (TPSA) is 23.1 Å². The molecule has 58 valence electrons. The van der Waals surface area contributed by atoms with E-state index in [0.717, 1.165) is 4.48 Å². The van der Waals surface area contributed by atoms with Crippen molar-refractivity contribution in [3.63, 3.8) is 0 Å². The third-order valence-corrected chi connectivity index (χ3v) is 0.949. The highest BCUT2D eigenvalue weighted by Crippen LogP contribution is 1.83. The minimum absolute atomic E-state index is 0. The van der Waals surface area contributed by atoms with Crippen LogP contribution in [0.4, 0.5) is 0 Å². The average Bonchev–Trinajstić information content (AvgIpc) is 1.67. The molecule has 0 heterocycles. The Balaban J connectivity index is 0. The smallest absolute Gasteiger partial charge is 0.0751 e. The van der Waals surface area contributed by atoms with Crippen LogP contribution < -0.4 is 5.11 Å². The van der Waals surface area contributed by atoms with Gasteiger partial charge in [0.25, 0.3) is 0 Å². The van der Waals surface area contributed by atoms with Gasteiger partial charge >= 0.3 is 0 Å². The largest absolute Gasteiger partial charge is 0.855 e. The van der Waals surface area contributed by atoms with Gasteiger partial charge in [-0.1, -0.05) is 6.92 Å². The first kappa shape index (κ1) is 11.7. The van der Waals surface area contributed by atoms with Gasteiger partial charge in [-0.2, -0.15) is 0 Å². The highest BCUT2D eigenvalue weighted by molar-refractivity contribution is 4.06. The summed E-state index contributed by atoms with van der Waals surface area (Å²) in [6, 6.07) is 0. The standard InChI is InChI=1S/C5H14N.C2H5O/c1-5-6(2,3)4;1-2-3/h5H2,1-4H3;2H2,1H3/q+1;-1. The molecule has 0 aromatic rings. The fourth-order valence-corrected chi connectivity index (χ4v) is 0. The zero-order valence-corrected chi connectivity index (χ0v) is 7.27. The van der Waals surface area contributed by atoms with E-state index < -0.39 is 0 Å². The Morgan fingerprint density at radius 1 is 1.11 bits per heavy atom. The van der Waals surface area contributed by atoms with Crippen molar-refractivity contribution in [2.24, 2.45) is 0 Å². The number of hydrogen-bond acceptors (Lipinski definition) is 1. The predicted octanol–water partition coefficient (Wildman–Crippen LogP) is 0.0791. The van der Waals surface area contributed by atoms with E-state index in [0.29, 0.717) is 0 Å². The van der Waals surface area contributed by atoms with E-state index in [-0.39, 0.29) is 6.61 Å². The van der Waals surface area contributed by atoms with Crippen LogP contribution in [0.3, 0.4) is 0 Å². The van der Waals surface area contributed by atoms with Crippen molar-refractivity contribution < 1.29 is 9.59 Å². The summed E-state index contributed by atoms with van der Waals surface area (Å²) in [7, 11) is 6.54. The minimum Gasteiger partial charge on any atom is -0.855 e. The fourth-order valence-electron chi connectivity index (χ4n) is 0. The summed E-state index contributed by atoms with van der Waals surface area (Å²) in [6.07, 6.45) is 0. The van der Waals surface area contributed by atoms with Gasteiger partial charge in [0.05, 0.1) is 27.7 Å². The molecule has 0 saturated heterocycles. The Kier molecular flexibility index (Phi) is 7.85. The van der Waals surface area contributed by atoms with Crippen LogP contribution in [0.25, 0.3) is 0 Å². The highest BCUT2D eigenvalue weighted by atomic mass is 16.2. The summed E-state index contributed by atoms with van der Waals surface area (Å²) in [6.45, 7) is 4.96. The van der Waals surface area contributed by atoms with Crippen LogP contribution in [0.2, 0.25) is 0 Å². The molecule has 2 nitrogen and oxygen atoms in total. The molecule has 0 saturated carbocycles. The molecule has 0 amide bonds. The third-order valence-electron chi connectivity index (χ3n) is 0.949. The van der Waals surface area contributed by atoms with E-state index >= 15 is 0 Å². The maximum atomic E-state index is 8.93. The lowest BCUT2D eigenvalue weighted by atomic mass is 10.6. The molecule has 0 radical (unpaired) electrons. The lowest BCUT2D eigenvalue weighted by molar-refractivity contribution is -0.868. The molecule has 0 rings (SSSR count). The second-order valence-corrected chi connectivity index (χ2v) is 2.90. The van der Waals surface area contributed by atoms with Gasteiger partial charge in [-0.15, -0.1) is 6.61 Å². The normalized spacial score (nSPS) is 10.0. The average molecular weight is 133 g/mol. The molecule has 0 spiro atoms. The molecule has 0 aromatic heterocycles. The van der Waals surface area contributed by atoms with E-state index in [4.69, 9.17) is 5.11 Å². The number of nitrogens with zero attached hydrogens (tertiary/aromatic N) is 1. The van der Waals surface area contributed by atoms with Gasteiger partial charge in [0.1, 0.15) is 0 Å². The van der Waals surface area contributed by atoms with Crippen LogP contribution in [-0.2, 0) is 0 Å². The molecular weight excluding hydrogens is 114 g/mol. The Morgan fingerprint density at radius 3 is 1.22 bits per heavy atom. The van der Waals surface area contributed by atoms with Gasteiger partial charge in [-0.25, -0.2) is 0 Å².